The van der Waals surface area contributed by atoms with Crippen LogP contribution in [-0.4, -0.2) is 21.3 Å². The van der Waals surface area contributed by atoms with Gasteiger partial charge < -0.3 is 15.2 Å². The second kappa shape index (κ2) is 9.58. The van der Waals surface area contributed by atoms with Gasteiger partial charge in [0.05, 0.1) is 11.9 Å². The number of aliphatic hydroxyl groups is 2. The minimum atomic E-state index is -0.537. The van der Waals surface area contributed by atoms with Crippen LogP contribution in [0, 0.1) is 6.07 Å². The van der Waals surface area contributed by atoms with Crippen molar-refractivity contribution in [2.45, 2.75) is 20.0 Å². The van der Waals surface area contributed by atoms with Crippen LogP contribution in [0.3, 0.4) is 0 Å². The quantitative estimate of drug-likeness (QED) is 0.397. The van der Waals surface area contributed by atoms with Crippen molar-refractivity contribution in [1.29, 1.82) is 0 Å². The van der Waals surface area contributed by atoms with Crippen LogP contribution < -0.4 is 0 Å². The Labute approximate surface area is 153 Å². The summed E-state index contributed by atoms with van der Waals surface area (Å²) < 4.78 is 1.28. The summed E-state index contributed by atoms with van der Waals surface area (Å²) >= 11 is 1.74. The zero-order chi connectivity index (χ0) is 15.9. The Hall–Kier alpha value is -1.52. The summed E-state index contributed by atoms with van der Waals surface area (Å²) in [5.41, 5.74) is 2.08. The fourth-order valence-corrected chi connectivity index (χ4v) is 2.78. The molecule has 123 valence electrons. The van der Waals surface area contributed by atoms with E-state index in [4.69, 9.17) is 10.2 Å². The number of pyridine rings is 1. The largest absolute Gasteiger partial charge is 0.513 e. The van der Waals surface area contributed by atoms with Gasteiger partial charge in [-0.3, -0.25) is 0 Å². The first-order valence-electron chi connectivity index (χ1n) is 6.92. The number of allylic oxidation sites excluding steroid dienone is 1. The Bertz CT molecular complexity index is 750. The van der Waals surface area contributed by atoms with Gasteiger partial charge in [-0.25, -0.2) is 0 Å². The molecule has 2 aromatic heterocycles. The fraction of sp³-hybridized carbons (Fsp3) is 0.167. The maximum Gasteiger partial charge on any atom is 0.0877 e. The number of rotatable bonds is 2. The van der Waals surface area contributed by atoms with Gasteiger partial charge in [0.15, 0.2) is 0 Å². The zero-order valence-electron chi connectivity index (χ0n) is 12.9. The molecular weight excluding hydrogens is 486 g/mol. The molecule has 0 aliphatic rings. The molecule has 3 nitrogen and oxygen atoms in total. The molecular formula is C18H18IrNO2S-. The number of benzene rings is 1. The third-order valence-corrected chi connectivity index (χ3v) is 3.71. The monoisotopic (exact) mass is 505 g/mol. The molecule has 0 bridgehead atoms. The van der Waals surface area contributed by atoms with Gasteiger partial charge in [0.1, 0.15) is 0 Å². The molecule has 0 spiro atoms. The molecule has 0 amide bonds. The van der Waals surface area contributed by atoms with Gasteiger partial charge in [0.25, 0.3) is 0 Å². The number of hydrogen-bond donors (Lipinski definition) is 2. The van der Waals surface area contributed by atoms with E-state index in [1.54, 1.807) is 18.3 Å². The SMILES string of the molecule is CC(O)=CC(C)O.[Ir].[c-]1ccccc1-c1nccc2sccc12. The van der Waals surface area contributed by atoms with Gasteiger partial charge in [-0.15, -0.1) is 47.2 Å². The van der Waals surface area contributed by atoms with Gasteiger partial charge in [0.2, 0.25) is 0 Å². The third-order valence-electron chi connectivity index (χ3n) is 2.83. The number of aromatic nitrogens is 1. The number of aliphatic hydroxyl groups excluding tert-OH is 2. The van der Waals surface area contributed by atoms with E-state index >= 15 is 0 Å². The molecule has 1 atom stereocenters. The molecule has 1 aromatic carbocycles. The maximum atomic E-state index is 8.49. The third kappa shape index (κ3) is 5.88. The molecule has 1 unspecified atom stereocenters. The minimum absolute atomic E-state index is 0. The number of hydrogen-bond acceptors (Lipinski definition) is 4. The van der Waals surface area contributed by atoms with Crippen LogP contribution >= 0.6 is 11.3 Å². The van der Waals surface area contributed by atoms with E-state index in [0.717, 1.165) is 11.3 Å². The smallest absolute Gasteiger partial charge is 0.0877 e. The van der Waals surface area contributed by atoms with Gasteiger partial charge in [-0.2, -0.15) is 0 Å². The Morgan fingerprint density at radius 3 is 2.65 bits per heavy atom. The normalized spacial score (nSPS) is 12.0. The Kier molecular flexibility index (Phi) is 8.13. The van der Waals surface area contributed by atoms with Crippen LogP contribution in [0.4, 0.5) is 0 Å². The number of thiophene rings is 1. The van der Waals surface area contributed by atoms with Crippen molar-refractivity contribution in [3.05, 3.63) is 65.9 Å². The van der Waals surface area contributed by atoms with Crippen LogP contribution in [0.1, 0.15) is 13.8 Å². The molecule has 0 fully saturated rings. The molecule has 0 aliphatic heterocycles. The van der Waals surface area contributed by atoms with E-state index in [1.807, 2.05) is 36.5 Å². The second-order valence-corrected chi connectivity index (χ2v) is 5.76. The van der Waals surface area contributed by atoms with Gasteiger partial charge in [-0.05, 0) is 42.5 Å². The first kappa shape index (κ1) is 19.5. The van der Waals surface area contributed by atoms with Crippen molar-refractivity contribution >= 4 is 21.4 Å². The fourth-order valence-electron chi connectivity index (χ4n) is 2.00. The topological polar surface area (TPSA) is 53.4 Å². The van der Waals surface area contributed by atoms with Crippen LogP contribution in [0.25, 0.3) is 21.3 Å². The van der Waals surface area contributed by atoms with Crippen molar-refractivity contribution in [3.8, 4) is 11.3 Å². The standard InChI is InChI=1S/C13H8NS.C5H10O2.Ir/c1-2-4-10(5-3-1)13-11-7-9-15-12(11)6-8-14-13;1-4(6)3-5(2)7;/h1-4,6-9H;3-4,6-7H,1-2H3;/q-1;;. The minimum Gasteiger partial charge on any atom is -0.513 e. The van der Waals surface area contributed by atoms with E-state index in [2.05, 4.69) is 22.5 Å². The van der Waals surface area contributed by atoms with Crippen LogP contribution in [-0.2, 0) is 20.1 Å². The van der Waals surface area contributed by atoms with E-state index in [1.165, 1.54) is 23.1 Å². The zero-order valence-corrected chi connectivity index (χ0v) is 16.1. The first-order chi connectivity index (χ1) is 10.6. The summed E-state index contributed by atoms with van der Waals surface area (Å²) in [5.74, 6) is 0.162. The van der Waals surface area contributed by atoms with Crippen LogP contribution in [0.5, 0.6) is 0 Å². The molecule has 2 N–H and O–H groups in total. The summed E-state index contributed by atoms with van der Waals surface area (Å²) in [6, 6.07) is 15.3. The molecule has 3 aromatic rings. The average molecular weight is 505 g/mol. The Morgan fingerprint density at radius 2 is 2.09 bits per heavy atom. The molecule has 1 radical (unpaired) electrons. The molecule has 0 saturated heterocycles. The summed E-state index contributed by atoms with van der Waals surface area (Å²) in [4.78, 5) is 4.42. The van der Waals surface area contributed by atoms with E-state index in [9.17, 15) is 0 Å². The first-order valence-corrected chi connectivity index (χ1v) is 7.80. The molecule has 0 saturated carbocycles. The van der Waals surface area contributed by atoms with Crippen molar-refractivity contribution in [2.75, 3.05) is 0 Å². The van der Waals surface area contributed by atoms with Gasteiger partial charge in [0, 0.05) is 31.0 Å². The molecule has 2 heterocycles. The summed E-state index contributed by atoms with van der Waals surface area (Å²) in [6.45, 7) is 3.10. The predicted octanol–water partition coefficient (Wildman–Crippen LogP) is 4.59. The summed E-state index contributed by atoms with van der Waals surface area (Å²) in [5, 5.41) is 20.2. The Morgan fingerprint density at radius 1 is 1.30 bits per heavy atom. The molecule has 0 aliphatic carbocycles. The van der Waals surface area contributed by atoms with E-state index in [-0.39, 0.29) is 25.9 Å². The predicted molar refractivity (Wildman–Crippen MR) is 92.0 cm³/mol. The van der Waals surface area contributed by atoms with Gasteiger partial charge >= 0.3 is 0 Å². The van der Waals surface area contributed by atoms with Crippen molar-refractivity contribution in [1.82, 2.24) is 4.98 Å². The maximum absolute atomic E-state index is 8.49. The molecule has 5 heteroatoms. The average Bonchev–Trinajstić information content (AvgIpc) is 2.95. The second-order valence-electron chi connectivity index (χ2n) is 4.82. The summed E-state index contributed by atoms with van der Waals surface area (Å²) in [6.07, 6.45) is 2.68. The van der Waals surface area contributed by atoms with E-state index in [0.29, 0.717) is 0 Å². The van der Waals surface area contributed by atoms with E-state index < -0.39 is 6.10 Å². The number of fused-ring (bicyclic) bond motifs is 1. The molecule has 3 rings (SSSR count). The van der Waals surface area contributed by atoms with Crippen molar-refractivity contribution < 1.29 is 30.3 Å². The molecule has 23 heavy (non-hydrogen) atoms. The van der Waals surface area contributed by atoms with Crippen LogP contribution in [0.15, 0.2) is 59.8 Å². The van der Waals surface area contributed by atoms with Crippen molar-refractivity contribution in [3.63, 3.8) is 0 Å². The number of nitrogens with zero attached hydrogens (tertiary/aromatic N) is 1. The Balaban J connectivity index is 0.000000287. The van der Waals surface area contributed by atoms with Crippen molar-refractivity contribution in [2.24, 2.45) is 0 Å². The van der Waals surface area contributed by atoms with Crippen LogP contribution in [0.2, 0.25) is 0 Å². The van der Waals surface area contributed by atoms with Gasteiger partial charge in [-0.1, -0.05) is 6.07 Å². The summed E-state index contributed by atoms with van der Waals surface area (Å²) in [7, 11) is 0.